The van der Waals surface area contributed by atoms with Crippen molar-refractivity contribution in [1.82, 2.24) is 14.9 Å². The Morgan fingerprint density at radius 3 is 3.06 bits per heavy atom. The van der Waals surface area contributed by atoms with Crippen molar-refractivity contribution >= 4 is 0 Å². The normalized spacial score (nSPS) is 16.6. The molecule has 3 nitrogen and oxygen atoms in total. The van der Waals surface area contributed by atoms with Crippen LogP contribution in [-0.4, -0.2) is 22.1 Å². The van der Waals surface area contributed by atoms with E-state index in [1.54, 1.807) is 0 Å². The Bertz CT molecular complexity index is 357. The van der Waals surface area contributed by atoms with E-state index in [2.05, 4.69) is 35.0 Å². The van der Waals surface area contributed by atoms with Gasteiger partial charge in [0, 0.05) is 18.3 Å². The van der Waals surface area contributed by atoms with Gasteiger partial charge in [-0.3, -0.25) is 0 Å². The van der Waals surface area contributed by atoms with Crippen molar-refractivity contribution in [2.24, 2.45) is 0 Å². The fourth-order valence-corrected chi connectivity index (χ4v) is 2.78. The fourth-order valence-electron chi connectivity index (χ4n) is 2.78. The first-order valence-corrected chi connectivity index (χ1v) is 7.57. The number of nitrogens with one attached hydrogen (secondary N) is 1. The molecule has 102 valence electrons. The highest BCUT2D eigenvalue weighted by Gasteiger charge is 2.14. The number of imidazole rings is 1. The van der Waals surface area contributed by atoms with Crippen LogP contribution in [0.25, 0.3) is 0 Å². The molecule has 1 aliphatic carbocycles. The average Bonchev–Trinajstić information content (AvgIpc) is 2.80. The maximum Gasteiger partial charge on any atom is 0.0951 e. The first kappa shape index (κ1) is 13.6. The Kier molecular flexibility index (Phi) is 5.24. The zero-order chi connectivity index (χ0) is 12.8. The average molecular weight is 249 g/mol. The maximum absolute atomic E-state index is 4.55. The molecule has 0 aliphatic heterocycles. The quantitative estimate of drug-likeness (QED) is 0.805. The predicted molar refractivity (Wildman–Crippen MR) is 75.9 cm³/mol. The number of hydrogen-bond acceptors (Lipinski definition) is 2. The molecule has 2 rings (SSSR count). The zero-order valence-electron chi connectivity index (χ0n) is 11.9. The minimum Gasteiger partial charge on any atom is -0.334 e. The van der Waals surface area contributed by atoms with Gasteiger partial charge >= 0.3 is 0 Å². The molecule has 1 aromatic heterocycles. The largest absolute Gasteiger partial charge is 0.334 e. The zero-order valence-corrected chi connectivity index (χ0v) is 11.9. The van der Waals surface area contributed by atoms with E-state index in [9.17, 15) is 0 Å². The summed E-state index contributed by atoms with van der Waals surface area (Å²) in [5.41, 5.74) is 2.87. The van der Waals surface area contributed by atoms with Gasteiger partial charge in [-0.1, -0.05) is 6.92 Å². The lowest BCUT2D eigenvalue weighted by Gasteiger charge is -2.16. The number of aryl methyl sites for hydroxylation is 2. The third kappa shape index (κ3) is 3.58. The molecule has 0 saturated carbocycles. The van der Waals surface area contributed by atoms with Crippen LogP contribution in [-0.2, 0) is 19.4 Å². The molecule has 1 atom stereocenters. The van der Waals surface area contributed by atoms with Crippen molar-refractivity contribution in [2.45, 2.75) is 71.4 Å². The number of nitrogens with zero attached hydrogens (tertiary/aromatic N) is 2. The number of hydrogen-bond donors (Lipinski definition) is 1. The Morgan fingerprint density at radius 1 is 1.39 bits per heavy atom. The third-order valence-corrected chi connectivity index (χ3v) is 3.89. The van der Waals surface area contributed by atoms with Crippen molar-refractivity contribution in [3.63, 3.8) is 0 Å². The molecule has 0 bridgehead atoms. The molecule has 1 aromatic rings. The lowest BCUT2D eigenvalue weighted by atomic mass is 10.0. The van der Waals surface area contributed by atoms with Crippen LogP contribution >= 0.6 is 0 Å². The van der Waals surface area contributed by atoms with Gasteiger partial charge in [-0.05, 0) is 58.4 Å². The Balaban J connectivity index is 1.75. The molecule has 3 heteroatoms. The maximum atomic E-state index is 4.55. The first-order valence-electron chi connectivity index (χ1n) is 7.57. The van der Waals surface area contributed by atoms with Crippen molar-refractivity contribution in [3.05, 3.63) is 17.7 Å². The topological polar surface area (TPSA) is 29.9 Å². The number of rotatable bonds is 7. The number of aromatic nitrogens is 2. The van der Waals surface area contributed by atoms with Gasteiger partial charge in [-0.15, -0.1) is 0 Å². The van der Waals surface area contributed by atoms with E-state index in [1.807, 2.05) is 0 Å². The standard InChI is InChI=1S/C15H27N3/c1-3-10-16-13(2)7-6-11-18-12-17-14-8-4-5-9-15(14)18/h12-13,16H,3-11H2,1-2H3. The second kappa shape index (κ2) is 6.93. The lowest BCUT2D eigenvalue weighted by Crippen LogP contribution is -2.26. The second-order valence-electron chi connectivity index (χ2n) is 5.54. The van der Waals surface area contributed by atoms with E-state index in [4.69, 9.17) is 0 Å². The van der Waals surface area contributed by atoms with Crippen LogP contribution in [0.5, 0.6) is 0 Å². The van der Waals surface area contributed by atoms with Crippen LogP contribution in [0.3, 0.4) is 0 Å². The summed E-state index contributed by atoms with van der Waals surface area (Å²) in [6, 6.07) is 0.643. The Morgan fingerprint density at radius 2 is 2.22 bits per heavy atom. The van der Waals surface area contributed by atoms with Gasteiger partial charge in [0.15, 0.2) is 0 Å². The summed E-state index contributed by atoms with van der Waals surface area (Å²) in [4.78, 5) is 4.55. The molecule has 0 radical (unpaired) electrons. The fraction of sp³-hybridized carbons (Fsp3) is 0.800. The van der Waals surface area contributed by atoms with Crippen molar-refractivity contribution in [3.8, 4) is 0 Å². The van der Waals surface area contributed by atoms with Crippen molar-refractivity contribution in [1.29, 1.82) is 0 Å². The second-order valence-corrected chi connectivity index (χ2v) is 5.54. The third-order valence-electron chi connectivity index (χ3n) is 3.89. The summed E-state index contributed by atoms with van der Waals surface area (Å²) >= 11 is 0. The molecule has 0 aromatic carbocycles. The smallest absolute Gasteiger partial charge is 0.0951 e. The van der Waals surface area contributed by atoms with Gasteiger partial charge in [0.05, 0.1) is 12.0 Å². The van der Waals surface area contributed by atoms with E-state index >= 15 is 0 Å². The van der Waals surface area contributed by atoms with Crippen LogP contribution in [0.1, 0.15) is 57.3 Å². The Hall–Kier alpha value is -0.830. The van der Waals surface area contributed by atoms with Gasteiger partial charge in [0.25, 0.3) is 0 Å². The molecule has 1 heterocycles. The minimum atomic E-state index is 0.643. The molecule has 1 unspecified atom stereocenters. The molecular weight excluding hydrogens is 222 g/mol. The van der Waals surface area contributed by atoms with Crippen molar-refractivity contribution in [2.75, 3.05) is 6.54 Å². The summed E-state index contributed by atoms with van der Waals surface area (Å²) < 4.78 is 2.39. The summed E-state index contributed by atoms with van der Waals surface area (Å²) in [5.74, 6) is 0. The highest BCUT2D eigenvalue weighted by molar-refractivity contribution is 5.16. The highest BCUT2D eigenvalue weighted by atomic mass is 15.1. The van der Waals surface area contributed by atoms with E-state index < -0.39 is 0 Å². The molecule has 0 fully saturated rings. The van der Waals surface area contributed by atoms with Gasteiger partial charge in [-0.2, -0.15) is 0 Å². The molecular formula is C15H27N3. The molecule has 18 heavy (non-hydrogen) atoms. The van der Waals surface area contributed by atoms with Crippen LogP contribution in [0.15, 0.2) is 6.33 Å². The molecule has 0 saturated heterocycles. The Labute approximate surface area is 111 Å². The van der Waals surface area contributed by atoms with Gasteiger partial charge < -0.3 is 9.88 Å². The minimum absolute atomic E-state index is 0.643. The van der Waals surface area contributed by atoms with Gasteiger partial charge in [-0.25, -0.2) is 4.98 Å². The predicted octanol–water partition coefficient (Wildman–Crippen LogP) is 2.93. The van der Waals surface area contributed by atoms with Crippen LogP contribution in [0.2, 0.25) is 0 Å². The first-order chi connectivity index (χ1) is 8.81. The van der Waals surface area contributed by atoms with E-state index in [-0.39, 0.29) is 0 Å². The summed E-state index contributed by atoms with van der Waals surface area (Å²) in [7, 11) is 0. The van der Waals surface area contributed by atoms with E-state index in [1.165, 1.54) is 56.3 Å². The molecule has 0 amide bonds. The van der Waals surface area contributed by atoms with E-state index in [0.717, 1.165) is 13.1 Å². The van der Waals surface area contributed by atoms with Gasteiger partial charge in [0.1, 0.15) is 0 Å². The SMILES string of the molecule is CCCNC(C)CCCn1cnc2c1CCCC2. The summed E-state index contributed by atoms with van der Waals surface area (Å²) in [6.45, 7) is 6.79. The molecule has 0 spiro atoms. The van der Waals surface area contributed by atoms with Crippen LogP contribution in [0, 0.1) is 0 Å². The molecule has 1 N–H and O–H groups in total. The number of fused-ring (bicyclic) bond motifs is 1. The van der Waals surface area contributed by atoms with Crippen LogP contribution < -0.4 is 5.32 Å². The monoisotopic (exact) mass is 249 g/mol. The van der Waals surface area contributed by atoms with Crippen molar-refractivity contribution < 1.29 is 0 Å². The lowest BCUT2D eigenvalue weighted by molar-refractivity contribution is 0.470. The van der Waals surface area contributed by atoms with E-state index in [0.29, 0.717) is 6.04 Å². The van der Waals surface area contributed by atoms with Crippen LogP contribution in [0.4, 0.5) is 0 Å². The molecule has 1 aliphatic rings. The van der Waals surface area contributed by atoms with Gasteiger partial charge in [0.2, 0.25) is 0 Å². The summed E-state index contributed by atoms with van der Waals surface area (Å²) in [6.07, 6.45) is 10.9. The highest BCUT2D eigenvalue weighted by Crippen LogP contribution is 2.20. The summed E-state index contributed by atoms with van der Waals surface area (Å²) in [5, 5.41) is 3.55.